The Morgan fingerprint density at radius 1 is 1.12 bits per heavy atom. The highest BCUT2D eigenvalue weighted by atomic mass is 16.5. The first-order chi connectivity index (χ1) is 12.0. The van der Waals surface area contributed by atoms with Gasteiger partial charge in [-0.15, -0.1) is 0 Å². The van der Waals surface area contributed by atoms with Gasteiger partial charge in [0.2, 0.25) is 0 Å². The Bertz CT molecular complexity index is 694. The summed E-state index contributed by atoms with van der Waals surface area (Å²) >= 11 is 0. The van der Waals surface area contributed by atoms with Gasteiger partial charge in [-0.2, -0.15) is 0 Å². The molecule has 2 aromatic rings. The molecule has 2 aromatic carbocycles. The maximum atomic E-state index is 12.2. The van der Waals surface area contributed by atoms with E-state index in [-0.39, 0.29) is 6.03 Å². The van der Waals surface area contributed by atoms with Crippen LogP contribution in [-0.4, -0.2) is 19.2 Å². The Hall–Kier alpha value is -2.49. The summed E-state index contributed by atoms with van der Waals surface area (Å²) in [5.74, 6) is 1.23. The first-order valence-electron chi connectivity index (χ1n) is 8.87. The third-order valence-electron chi connectivity index (χ3n) is 4.10. The largest absolute Gasteiger partial charge is 0.494 e. The fraction of sp³-hybridized carbons (Fsp3) is 0.381. The van der Waals surface area contributed by atoms with Gasteiger partial charge >= 0.3 is 6.03 Å². The van der Waals surface area contributed by atoms with Crippen LogP contribution in [-0.2, 0) is 6.42 Å². The number of amides is 2. The standard InChI is InChI=1S/C21H28N2O2/c1-5-25-18-11-9-17(10-12-18)13-14-22-21(24)23-20-16(4)7-6-8-19(20)15(2)3/h6-12,15H,5,13-14H2,1-4H3,(H2,22,23,24). The number of aryl methyl sites for hydroxylation is 1. The van der Waals surface area contributed by atoms with Crippen molar-refractivity contribution < 1.29 is 9.53 Å². The summed E-state index contributed by atoms with van der Waals surface area (Å²) in [6, 6.07) is 13.9. The third kappa shape index (κ3) is 5.52. The average Bonchev–Trinajstić information content (AvgIpc) is 2.58. The van der Waals surface area contributed by atoms with Crippen molar-refractivity contribution in [2.45, 2.75) is 40.0 Å². The molecule has 0 aliphatic carbocycles. The number of rotatable bonds is 7. The number of hydrogen-bond acceptors (Lipinski definition) is 2. The monoisotopic (exact) mass is 340 g/mol. The summed E-state index contributed by atoms with van der Waals surface area (Å²) in [7, 11) is 0. The maximum absolute atomic E-state index is 12.2. The fourth-order valence-electron chi connectivity index (χ4n) is 2.74. The molecule has 0 aromatic heterocycles. The van der Waals surface area contributed by atoms with Crippen LogP contribution >= 0.6 is 0 Å². The van der Waals surface area contributed by atoms with Crippen molar-refractivity contribution in [3.05, 3.63) is 59.2 Å². The molecule has 25 heavy (non-hydrogen) atoms. The molecule has 0 spiro atoms. The minimum atomic E-state index is -0.165. The summed E-state index contributed by atoms with van der Waals surface area (Å²) in [6.07, 6.45) is 0.782. The smallest absolute Gasteiger partial charge is 0.319 e. The molecule has 0 saturated heterocycles. The molecular formula is C21H28N2O2. The molecule has 0 unspecified atom stereocenters. The van der Waals surface area contributed by atoms with Crippen LogP contribution in [0.5, 0.6) is 5.75 Å². The van der Waals surface area contributed by atoms with Gasteiger partial charge in [0, 0.05) is 12.2 Å². The Morgan fingerprint density at radius 3 is 2.48 bits per heavy atom. The van der Waals surface area contributed by atoms with Crippen LogP contribution in [0.25, 0.3) is 0 Å². The Morgan fingerprint density at radius 2 is 1.84 bits per heavy atom. The Kier molecular flexibility index (Phi) is 6.87. The zero-order valence-electron chi connectivity index (χ0n) is 15.6. The number of carbonyl (C=O) groups excluding carboxylic acids is 1. The second-order valence-corrected chi connectivity index (χ2v) is 6.40. The quantitative estimate of drug-likeness (QED) is 0.754. The van der Waals surface area contributed by atoms with Gasteiger partial charge in [-0.05, 0) is 55.0 Å². The predicted molar refractivity (Wildman–Crippen MR) is 104 cm³/mol. The minimum Gasteiger partial charge on any atom is -0.494 e. The second-order valence-electron chi connectivity index (χ2n) is 6.40. The SMILES string of the molecule is CCOc1ccc(CCNC(=O)Nc2c(C)cccc2C(C)C)cc1. The van der Waals surface area contributed by atoms with Crippen molar-refractivity contribution in [2.75, 3.05) is 18.5 Å². The average molecular weight is 340 g/mol. The molecule has 2 amide bonds. The van der Waals surface area contributed by atoms with Crippen molar-refractivity contribution in [3.63, 3.8) is 0 Å². The van der Waals surface area contributed by atoms with Gasteiger partial charge in [0.1, 0.15) is 5.75 Å². The lowest BCUT2D eigenvalue weighted by molar-refractivity contribution is 0.252. The molecule has 0 radical (unpaired) electrons. The summed E-state index contributed by atoms with van der Waals surface area (Å²) in [6.45, 7) is 9.49. The van der Waals surface area contributed by atoms with Crippen LogP contribution in [0.1, 0.15) is 43.4 Å². The van der Waals surface area contributed by atoms with E-state index >= 15 is 0 Å². The van der Waals surface area contributed by atoms with Crippen LogP contribution in [0.3, 0.4) is 0 Å². The fourth-order valence-corrected chi connectivity index (χ4v) is 2.74. The van der Waals surface area contributed by atoms with Gasteiger partial charge in [0.05, 0.1) is 6.61 Å². The molecule has 2 N–H and O–H groups in total. The highest BCUT2D eigenvalue weighted by Crippen LogP contribution is 2.27. The van der Waals surface area contributed by atoms with Crippen molar-refractivity contribution in [3.8, 4) is 5.75 Å². The molecule has 4 heteroatoms. The van der Waals surface area contributed by atoms with Gasteiger partial charge in [0.25, 0.3) is 0 Å². The summed E-state index contributed by atoms with van der Waals surface area (Å²) < 4.78 is 5.43. The Balaban J connectivity index is 1.87. The number of para-hydroxylation sites is 1. The summed E-state index contributed by atoms with van der Waals surface area (Å²) in [5.41, 5.74) is 4.31. The lowest BCUT2D eigenvalue weighted by Crippen LogP contribution is -2.31. The maximum Gasteiger partial charge on any atom is 0.319 e. The number of ether oxygens (including phenoxy) is 1. The van der Waals surface area contributed by atoms with Crippen LogP contribution in [0, 0.1) is 6.92 Å². The van der Waals surface area contributed by atoms with Crippen LogP contribution in [0.2, 0.25) is 0 Å². The molecular weight excluding hydrogens is 312 g/mol. The number of hydrogen-bond donors (Lipinski definition) is 2. The molecule has 0 atom stereocenters. The normalized spacial score (nSPS) is 10.6. The van der Waals surface area contributed by atoms with Gasteiger partial charge in [-0.25, -0.2) is 4.79 Å². The topological polar surface area (TPSA) is 50.4 Å². The first kappa shape index (κ1) is 18.8. The Labute approximate surface area is 150 Å². The van der Waals surface area contributed by atoms with E-state index in [4.69, 9.17) is 4.74 Å². The van der Waals surface area contributed by atoms with Crippen molar-refractivity contribution >= 4 is 11.7 Å². The van der Waals surface area contributed by atoms with Crippen molar-refractivity contribution in [2.24, 2.45) is 0 Å². The molecule has 0 bridgehead atoms. The molecule has 0 fully saturated rings. The van der Waals surface area contributed by atoms with Gasteiger partial charge < -0.3 is 15.4 Å². The highest BCUT2D eigenvalue weighted by molar-refractivity contribution is 5.91. The molecule has 0 aliphatic rings. The molecule has 0 saturated carbocycles. The number of carbonyl (C=O) groups is 1. The minimum absolute atomic E-state index is 0.165. The zero-order valence-corrected chi connectivity index (χ0v) is 15.6. The number of nitrogens with one attached hydrogen (secondary N) is 2. The van der Waals surface area contributed by atoms with Gasteiger partial charge in [0.15, 0.2) is 0 Å². The van der Waals surface area contributed by atoms with Crippen LogP contribution in [0.4, 0.5) is 10.5 Å². The van der Waals surface area contributed by atoms with E-state index in [2.05, 4.69) is 30.5 Å². The molecule has 0 heterocycles. The van der Waals surface area contributed by atoms with E-state index in [1.54, 1.807) is 0 Å². The summed E-state index contributed by atoms with van der Waals surface area (Å²) in [5, 5.41) is 5.93. The molecule has 4 nitrogen and oxygen atoms in total. The zero-order chi connectivity index (χ0) is 18.2. The highest BCUT2D eigenvalue weighted by Gasteiger charge is 2.11. The van der Waals surface area contributed by atoms with Gasteiger partial charge in [-0.3, -0.25) is 0 Å². The van der Waals surface area contributed by atoms with Crippen LogP contribution < -0.4 is 15.4 Å². The lowest BCUT2D eigenvalue weighted by atomic mass is 9.98. The summed E-state index contributed by atoms with van der Waals surface area (Å²) in [4.78, 5) is 12.2. The van der Waals surface area contributed by atoms with E-state index in [0.29, 0.717) is 19.1 Å². The number of anilines is 1. The number of urea groups is 1. The van der Waals surface area contributed by atoms with E-state index in [0.717, 1.165) is 29.0 Å². The first-order valence-corrected chi connectivity index (χ1v) is 8.87. The molecule has 0 aliphatic heterocycles. The van der Waals surface area contributed by atoms with E-state index in [9.17, 15) is 4.79 Å². The van der Waals surface area contributed by atoms with E-state index in [1.807, 2.05) is 50.2 Å². The predicted octanol–water partition coefficient (Wildman–Crippen LogP) is 4.88. The van der Waals surface area contributed by atoms with Crippen molar-refractivity contribution in [1.29, 1.82) is 0 Å². The number of benzene rings is 2. The van der Waals surface area contributed by atoms with E-state index in [1.165, 1.54) is 5.56 Å². The third-order valence-corrected chi connectivity index (χ3v) is 4.10. The van der Waals surface area contributed by atoms with Crippen LogP contribution in [0.15, 0.2) is 42.5 Å². The molecule has 134 valence electrons. The van der Waals surface area contributed by atoms with Crippen molar-refractivity contribution in [1.82, 2.24) is 5.32 Å². The van der Waals surface area contributed by atoms with Gasteiger partial charge in [-0.1, -0.05) is 44.2 Å². The molecule has 2 rings (SSSR count). The lowest BCUT2D eigenvalue weighted by Gasteiger charge is -2.16. The second kappa shape index (κ2) is 9.11. The van der Waals surface area contributed by atoms with E-state index < -0.39 is 0 Å².